The lowest BCUT2D eigenvalue weighted by Gasteiger charge is -2.16. The van der Waals surface area contributed by atoms with E-state index in [0.29, 0.717) is 24.9 Å². The molecule has 0 aliphatic rings. The number of carbonyl (C=O) groups is 1. The summed E-state index contributed by atoms with van der Waals surface area (Å²) in [7, 11) is 1.73. The smallest absolute Gasteiger partial charge is 0.246 e. The predicted molar refractivity (Wildman–Crippen MR) is 82.2 cm³/mol. The summed E-state index contributed by atoms with van der Waals surface area (Å²) in [6.45, 7) is 6.59. The number of ether oxygens (including phenoxy) is 1. The maximum atomic E-state index is 11.8. The van der Waals surface area contributed by atoms with Crippen molar-refractivity contribution in [2.75, 3.05) is 13.7 Å². The van der Waals surface area contributed by atoms with Gasteiger partial charge in [-0.3, -0.25) is 4.79 Å². The zero-order chi connectivity index (χ0) is 16.1. The third-order valence-electron chi connectivity index (χ3n) is 3.13. The minimum atomic E-state index is -0.0569. The highest BCUT2D eigenvalue weighted by molar-refractivity contribution is 5.77. The van der Waals surface area contributed by atoms with Crippen LogP contribution in [0.5, 0.6) is 5.75 Å². The lowest BCUT2D eigenvalue weighted by molar-refractivity contribution is -0.133. The summed E-state index contributed by atoms with van der Waals surface area (Å²) in [6, 6.07) is 7.48. The topological polar surface area (TPSA) is 68.5 Å². The first kappa shape index (κ1) is 16.0. The third kappa shape index (κ3) is 3.84. The average Bonchev–Trinajstić information content (AvgIpc) is 2.96. The van der Waals surface area contributed by atoms with Crippen LogP contribution in [-0.4, -0.2) is 34.6 Å². The van der Waals surface area contributed by atoms with Crippen LogP contribution in [0, 0.1) is 5.92 Å². The molecule has 0 atom stereocenters. The molecule has 1 aromatic heterocycles. The van der Waals surface area contributed by atoms with Crippen LogP contribution in [0.15, 0.2) is 28.8 Å². The van der Waals surface area contributed by atoms with Gasteiger partial charge in [-0.1, -0.05) is 19.0 Å². The Morgan fingerprint density at radius 1 is 1.32 bits per heavy atom. The molecule has 6 heteroatoms. The maximum absolute atomic E-state index is 11.8. The molecule has 2 rings (SSSR count). The van der Waals surface area contributed by atoms with Gasteiger partial charge in [0.15, 0.2) is 0 Å². The quantitative estimate of drug-likeness (QED) is 0.820. The fourth-order valence-electron chi connectivity index (χ4n) is 2.02. The van der Waals surface area contributed by atoms with Crippen LogP contribution in [0.3, 0.4) is 0 Å². The molecule has 0 N–H and O–H groups in total. The molecule has 0 fully saturated rings. The summed E-state index contributed by atoms with van der Waals surface area (Å²) in [5, 5.41) is 3.95. The van der Waals surface area contributed by atoms with E-state index in [1.807, 2.05) is 45.0 Å². The molecule has 0 unspecified atom stereocenters. The molecule has 118 valence electrons. The third-order valence-corrected chi connectivity index (χ3v) is 3.13. The van der Waals surface area contributed by atoms with Crippen molar-refractivity contribution in [1.82, 2.24) is 15.0 Å². The van der Waals surface area contributed by atoms with E-state index in [0.717, 1.165) is 11.3 Å². The number of hydrogen-bond acceptors (Lipinski definition) is 5. The molecule has 6 nitrogen and oxygen atoms in total. The standard InChI is InChI=1S/C16H21N3O3/c1-5-21-13-8-6-12(7-9-13)15-17-14(22-18-15)10-19(4)16(20)11(2)3/h6-9,11H,5,10H2,1-4H3. The first-order valence-electron chi connectivity index (χ1n) is 7.32. The Balaban J connectivity index is 2.06. The number of benzene rings is 1. The Morgan fingerprint density at radius 3 is 2.59 bits per heavy atom. The molecule has 1 aromatic carbocycles. The Labute approximate surface area is 130 Å². The predicted octanol–water partition coefficient (Wildman–Crippen LogP) is 2.75. The summed E-state index contributed by atoms with van der Waals surface area (Å²) in [6.07, 6.45) is 0. The van der Waals surface area contributed by atoms with Gasteiger partial charge in [-0.05, 0) is 31.2 Å². The van der Waals surface area contributed by atoms with Gasteiger partial charge >= 0.3 is 0 Å². The molecule has 0 saturated carbocycles. The van der Waals surface area contributed by atoms with Crippen molar-refractivity contribution in [2.45, 2.75) is 27.3 Å². The van der Waals surface area contributed by atoms with Crippen molar-refractivity contribution >= 4 is 5.91 Å². The van der Waals surface area contributed by atoms with Gasteiger partial charge in [-0.2, -0.15) is 4.98 Å². The van der Waals surface area contributed by atoms with E-state index in [-0.39, 0.29) is 11.8 Å². The highest BCUT2D eigenvalue weighted by Gasteiger charge is 2.16. The van der Waals surface area contributed by atoms with Crippen molar-refractivity contribution in [3.8, 4) is 17.1 Å². The molecule has 1 amide bonds. The highest BCUT2D eigenvalue weighted by atomic mass is 16.5. The van der Waals surface area contributed by atoms with Gasteiger partial charge < -0.3 is 14.2 Å². The van der Waals surface area contributed by atoms with Crippen LogP contribution in [0.4, 0.5) is 0 Å². The fourth-order valence-corrected chi connectivity index (χ4v) is 2.02. The summed E-state index contributed by atoms with van der Waals surface area (Å²) >= 11 is 0. The molecule has 2 aromatic rings. The van der Waals surface area contributed by atoms with E-state index in [4.69, 9.17) is 9.26 Å². The fraction of sp³-hybridized carbons (Fsp3) is 0.438. The summed E-state index contributed by atoms with van der Waals surface area (Å²) in [5.74, 6) is 1.71. The van der Waals surface area contributed by atoms with E-state index in [1.54, 1.807) is 11.9 Å². The Bertz CT molecular complexity index is 620. The van der Waals surface area contributed by atoms with E-state index < -0.39 is 0 Å². The van der Waals surface area contributed by atoms with Crippen LogP contribution < -0.4 is 4.74 Å². The number of amides is 1. The average molecular weight is 303 g/mol. The zero-order valence-corrected chi connectivity index (χ0v) is 13.4. The van der Waals surface area contributed by atoms with Gasteiger partial charge in [-0.15, -0.1) is 0 Å². The highest BCUT2D eigenvalue weighted by Crippen LogP contribution is 2.20. The maximum Gasteiger partial charge on any atom is 0.246 e. The molecular formula is C16H21N3O3. The normalized spacial score (nSPS) is 10.8. The molecule has 0 bridgehead atoms. The van der Waals surface area contributed by atoms with Gasteiger partial charge in [-0.25, -0.2) is 0 Å². The van der Waals surface area contributed by atoms with E-state index in [9.17, 15) is 4.79 Å². The number of aromatic nitrogens is 2. The summed E-state index contributed by atoms with van der Waals surface area (Å²) in [5.41, 5.74) is 0.844. The lowest BCUT2D eigenvalue weighted by atomic mass is 10.2. The van der Waals surface area contributed by atoms with Crippen LogP contribution in [0.2, 0.25) is 0 Å². The van der Waals surface area contributed by atoms with E-state index in [1.165, 1.54) is 0 Å². The van der Waals surface area contributed by atoms with Crippen molar-refractivity contribution in [2.24, 2.45) is 5.92 Å². The van der Waals surface area contributed by atoms with Gasteiger partial charge in [0, 0.05) is 18.5 Å². The number of rotatable bonds is 6. The van der Waals surface area contributed by atoms with Crippen molar-refractivity contribution in [3.63, 3.8) is 0 Å². The van der Waals surface area contributed by atoms with Crippen molar-refractivity contribution in [1.29, 1.82) is 0 Å². The first-order chi connectivity index (χ1) is 10.5. The summed E-state index contributed by atoms with van der Waals surface area (Å²) < 4.78 is 10.6. The van der Waals surface area contributed by atoms with Crippen LogP contribution in [0.1, 0.15) is 26.7 Å². The zero-order valence-electron chi connectivity index (χ0n) is 13.4. The SMILES string of the molecule is CCOc1ccc(-c2noc(CN(C)C(=O)C(C)C)n2)cc1. The Kier molecular flexibility index (Phi) is 5.14. The van der Waals surface area contributed by atoms with E-state index >= 15 is 0 Å². The number of carbonyl (C=O) groups excluding carboxylic acids is 1. The number of hydrogen-bond donors (Lipinski definition) is 0. The molecule has 1 heterocycles. The van der Waals surface area contributed by atoms with Crippen LogP contribution >= 0.6 is 0 Å². The molecule has 0 radical (unpaired) electrons. The van der Waals surface area contributed by atoms with Gasteiger partial charge in [0.25, 0.3) is 0 Å². The second-order valence-corrected chi connectivity index (χ2v) is 5.32. The first-order valence-corrected chi connectivity index (χ1v) is 7.32. The van der Waals surface area contributed by atoms with Crippen LogP contribution in [0.25, 0.3) is 11.4 Å². The van der Waals surface area contributed by atoms with E-state index in [2.05, 4.69) is 10.1 Å². The van der Waals surface area contributed by atoms with Gasteiger partial charge in [0.2, 0.25) is 17.6 Å². The Hall–Kier alpha value is -2.37. The lowest BCUT2D eigenvalue weighted by Crippen LogP contribution is -2.30. The minimum Gasteiger partial charge on any atom is -0.494 e. The Morgan fingerprint density at radius 2 is 2.00 bits per heavy atom. The molecule has 0 aliphatic carbocycles. The molecule has 0 aliphatic heterocycles. The summed E-state index contributed by atoms with van der Waals surface area (Å²) in [4.78, 5) is 17.8. The molecule has 22 heavy (non-hydrogen) atoms. The van der Waals surface area contributed by atoms with Crippen molar-refractivity contribution in [3.05, 3.63) is 30.2 Å². The van der Waals surface area contributed by atoms with Crippen LogP contribution in [-0.2, 0) is 11.3 Å². The molecule has 0 saturated heterocycles. The van der Waals surface area contributed by atoms with Gasteiger partial charge in [0.05, 0.1) is 13.2 Å². The molecular weight excluding hydrogens is 282 g/mol. The number of nitrogens with zero attached hydrogens (tertiary/aromatic N) is 3. The van der Waals surface area contributed by atoms with Gasteiger partial charge in [0.1, 0.15) is 5.75 Å². The second-order valence-electron chi connectivity index (χ2n) is 5.32. The second kappa shape index (κ2) is 7.06. The monoisotopic (exact) mass is 303 g/mol. The van der Waals surface area contributed by atoms with Crippen molar-refractivity contribution < 1.29 is 14.1 Å². The minimum absolute atomic E-state index is 0.0424. The largest absolute Gasteiger partial charge is 0.494 e. The molecule has 0 spiro atoms.